The quantitative estimate of drug-likeness (QED) is 0.425. The summed E-state index contributed by atoms with van der Waals surface area (Å²) in [5, 5.41) is 3.45. The Morgan fingerprint density at radius 1 is 0.857 bits per heavy atom. The van der Waals surface area contributed by atoms with Gasteiger partial charge in [-0.1, -0.05) is 47.5 Å². The normalized spacial score (nSPS) is 10.6. The van der Waals surface area contributed by atoms with Gasteiger partial charge in [-0.3, -0.25) is 0 Å². The molecule has 0 radical (unpaired) electrons. The summed E-state index contributed by atoms with van der Waals surface area (Å²) in [4.78, 5) is 0. The van der Waals surface area contributed by atoms with Crippen LogP contribution in [0.3, 0.4) is 0 Å². The molecule has 0 aliphatic heterocycles. The summed E-state index contributed by atoms with van der Waals surface area (Å²) in [7, 11) is 0. The van der Waals surface area contributed by atoms with E-state index in [-0.39, 0.29) is 0 Å². The van der Waals surface area contributed by atoms with Crippen LogP contribution in [0.5, 0.6) is 11.5 Å². The second-order valence-corrected chi connectivity index (χ2v) is 7.69. The maximum Gasteiger partial charge on any atom is 0.175 e. The standard InChI is InChI=1S/C24H26BrNO2/c1-4-27-23-14-20(15-26-21-10-8-17(2)9-11-21)13-22(25)24(23)28-16-19-7-5-6-18(3)12-19/h5-14,26H,4,15-16H2,1-3H3. The van der Waals surface area contributed by atoms with E-state index in [9.17, 15) is 0 Å². The molecular weight excluding hydrogens is 414 g/mol. The van der Waals surface area contributed by atoms with Crippen molar-refractivity contribution in [1.82, 2.24) is 0 Å². The molecule has 4 heteroatoms. The molecule has 0 spiro atoms. The topological polar surface area (TPSA) is 30.5 Å². The van der Waals surface area contributed by atoms with Gasteiger partial charge in [-0.05, 0) is 72.1 Å². The minimum Gasteiger partial charge on any atom is -0.490 e. The molecule has 0 aromatic heterocycles. The van der Waals surface area contributed by atoms with E-state index in [1.807, 2.05) is 19.1 Å². The average molecular weight is 440 g/mol. The van der Waals surface area contributed by atoms with Gasteiger partial charge in [0.15, 0.2) is 11.5 Å². The van der Waals surface area contributed by atoms with Crippen LogP contribution in [0.25, 0.3) is 0 Å². The van der Waals surface area contributed by atoms with Gasteiger partial charge in [0.2, 0.25) is 0 Å². The van der Waals surface area contributed by atoms with Crippen LogP contribution in [0.4, 0.5) is 5.69 Å². The van der Waals surface area contributed by atoms with Gasteiger partial charge in [-0.2, -0.15) is 0 Å². The van der Waals surface area contributed by atoms with E-state index in [1.165, 1.54) is 11.1 Å². The van der Waals surface area contributed by atoms with Gasteiger partial charge < -0.3 is 14.8 Å². The predicted octanol–water partition coefficient (Wildman–Crippen LogP) is 6.66. The third-order valence-corrected chi connectivity index (χ3v) is 4.97. The van der Waals surface area contributed by atoms with E-state index >= 15 is 0 Å². The molecule has 0 amide bonds. The lowest BCUT2D eigenvalue weighted by atomic mass is 10.1. The van der Waals surface area contributed by atoms with Crippen LogP contribution >= 0.6 is 15.9 Å². The summed E-state index contributed by atoms with van der Waals surface area (Å²) < 4.78 is 12.9. The van der Waals surface area contributed by atoms with Crippen LogP contribution in [-0.2, 0) is 13.2 Å². The number of aryl methyl sites for hydroxylation is 2. The van der Waals surface area contributed by atoms with Gasteiger partial charge in [0, 0.05) is 12.2 Å². The van der Waals surface area contributed by atoms with Crippen LogP contribution in [0.2, 0.25) is 0 Å². The van der Waals surface area contributed by atoms with Crippen molar-refractivity contribution in [2.24, 2.45) is 0 Å². The highest BCUT2D eigenvalue weighted by atomic mass is 79.9. The highest BCUT2D eigenvalue weighted by molar-refractivity contribution is 9.10. The van der Waals surface area contributed by atoms with E-state index in [4.69, 9.17) is 9.47 Å². The summed E-state index contributed by atoms with van der Waals surface area (Å²) in [6.07, 6.45) is 0. The minimum atomic E-state index is 0.501. The number of hydrogen-bond donors (Lipinski definition) is 1. The lowest BCUT2D eigenvalue weighted by molar-refractivity contribution is 0.267. The van der Waals surface area contributed by atoms with Crippen molar-refractivity contribution in [3.8, 4) is 11.5 Å². The first-order valence-corrected chi connectivity index (χ1v) is 10.3. The molecule has 0 aliphatic rings. The van der Waals surface area contributed by atoms with Gasteiger partial charge in [0.05, 0.1) is 11.1 Å². The number of nitrogens with one attached hydrogen (secondary N) is 1. The minimum absolute atomic E-state index is 0.501. The Balaban J connectivity index is 1.74. The Labute approximate surface area is 175 Å². The zero-order valence-corrected chi connectivity index (χ0v) is 18.2. The van der Waals surface area contributed by atoms with Crippen molar-refractivity contribution in [3.63, 3.8) is 0 Å². The van der Waals surface area contributed by atoms with Crippen molar-refractivity contribution >= 4 is 21.6 Å². The van der Waals surface area contributed by atoms with E-state index in [1.54, 1.807) is 0 Å². The van der Waals surface area contributed by atoms with Crippen molar-refractivity contribution in [2.75, 3.05) is 11.9 Å². The van der Waals surface area contributed by atoms with Gasteiger partial charge in [0.1, 0.15) is 6.61 Å². The summed E-state index contributed by atoms with van der Waals surface area (Å²) in [5.74, 6) is 1.49. The molecule has 0 bridgehead atoms. The Morgan fingerprint density at radius 2 is 1.64 bits per heavy atom. The molecule has 0 saturated carbocycles. The average Bonchev–Trinajstić information content (AvgIpc) is 2.67. The van der Waals surface area contributed by atoms with E-state index < -0.39 is 0 Å². The first-order chi connectivity index (χ1) is 13.5. The van der Waals surface area contributed by atoms with Crippen molar-refractivity contribution < 1.29 is 9.47 Å². The number of halogens is 1. The van der Waals surface area contributed by atoms with Crippen molar-refractivity contribution in [3.05, 3.63) is 87.4 Å². The van der Waals surface area contributed by atoms with Crippen LogP contribution in [0.15, 0.2) is 65.1 Å². The van der Waals surface area contributed by atoms with Gasteiger partial charge >= 0.3 is 0 Å². The Morgan fingerprint density at radius 3 is 2.36 bits per heavy atom. The fourth-order valence-corrected chi connectivity index (χ4v) is 3.56. The molecule has 28 heavy (non-hydrogen) atoms. The van der Waals surface area contributed by atoms with Gasteiger partial charge in [0.25, 0.3) is 0 Å². The van der Waals surface area contributed by atoms with Crippen molar-refractivity contribution in [1.29, 1.82) is 0 Å². The molecule has 0 atom stereocenters. The Hall–Kier alpha value is -2.46. The molecule has 0 unspecified atom stereocenters. The maximum atomic E-state index is 6.10. The number of hydrogen-bond acceptors (Lipinski definition) is 3. The number of benzene rings is 3. The summed E-state index contributed by atoms with van der Waals surface area (Å²) in [6, 6.07) is 20.8. The first-order valence-electron chi connectivity index (χ1n) is 9.49. The molecule has 0 aliphatic carbocycles. The molecule has 0 fully saturated rings. The number of anilines is 1. The molecule has 1 N–H and O–H groups in total. The SMILES string of the molecule is CCOc1cc(CNc2ccc(C)cc2)cc(Br)c1OCc1cccc(C)c1. The second kappa shape index (κ2) is 9.65. The molecule has 0 saturated heterocycles. The molecule has 146 valence electrons. The summed E-state index contributed by atoms with van der Waals surface area (Å²) in [6.45, 7) is 7.95. The smallest absolute Gasteiger partial charge is 0.175 e. The monoisotopic (exact) mass is 439 g/mol. The molecule has 3 nitrogen and oxygen atoms in total. The Bertz CT molecular complexity index is 922. The zero-order valence-electron chi connectivity index (χ0n) is 16.6. The fourth-order valence-electron chi connectivity index (χ4n) is 2.96. The number of rotatable bonds is 8. The lowest BCUT2D eigenvalue weighted by Gasteiger charge is -2.16. The third-order valence-electron chi connectivity index (χ3n) is 4.38. The first kappa shape index (κ1) is 20.3. The maximum absolute atomic E-state index is 6.10. The highest BCUT2D eigenvalue weighted by Crippen LogP contribution is 2.37. The highest BCUT2D eigenvalue weighted by Gasteiger charge is 2.13. The molecular formula is C24H26BrNO2. The summed E-state index contributed by atoms with van der Waals surface area (Å²) in [5.41, 5.74) is 5.84. The van der Waals surface area contributed by atoms with Crippen molar-refractivity contribution in [2.45, 2.75) is 33.9 Å². The van der Waals surface area contributed by atoms with E-state index in [2.05, 4.69) is 83.6 Å². The fraction of sp³-hybridized carbons (Fsp3) is 0.250. The molecule has 3 rings (SSSR count). The van der Waals surface area contributed by atoms with Crippen LogP contribution in [0.1, 0.15) is 29.2 Å². The summed E-state index contributed by atoms with van der Waals surface area (Å²) >= 11 is 3.66. The van der Waals surface area contributed by atoms with E-state index in [0.717, 1.165) is 32.8 Å². The van der Waals surface area contributed by atoms with Crippen LogP contribution in [0, 0.1) is 13.8 Å². The molecule has 0 heterocycles. The largest absolute Gasteiger partial charge is 0.490 e. The van der Waals surface area contributed by atoms with E-state index in [0.29, 0.717) is 19.8 Å². The second-order valence-electron chi connectivity index (χ2n) is 6.84. The lowest BCUT2D eigenvalue weighted by Crippen LogP contribution is -2.04. The van der Waals surface area contributed by atoms with Gasteiger partial charge in [-0.25, -0.2) is 0 Å². The van der Waals surface area contributed by atoms with Crippen LogP contribution < -0.4 is 14.8 Å². The predicted molar refractivity (Wildman–Crippen MR) is 119 cm³/mol. The number of ether oxygens (including phenoxy) is 2. The Kier molecular flexibility index (Phi) is 6.99. The van der Waals surface area contributed by atoms with Crippen LogP contribution in [-0.4, -0.2) is 6.61 Å². The molecule has 3 aromatic carbocycles. The zero-order chi connectivity index (χ0) is 19.9. The van der Waals surface area contributed by atoms with Gasteiger partial charge in [-0.15, -0.1) is 0 Å². The molecule has 3 aromatic rings. The third kappa shape index (κ3) is 5.52.